The molecule has 5 nitrogen and oxygen atoms in total. The zero-order valence-electron chi connectivity index (χ0n) is 12.3. The van der Waals surface area contributed by atoms with Gasteiger partial charge in [0.05, 0.1) is 11.5 Å². The van der Waals surface area contributed by atoms with E-state index in [0.29, 0.717) is 18.7 Å². The van der Waals surface area contributed by atoms with Crippen molar-refractivity contribution in [3.8, 4) is 0 Å². The molecule has 1 aliphatic carbocycles. The number of ether oxygens (including phenoxy) is 1. The topological polar surface area (TPSA) is 84.6 Å². The fourth-order valence-electron chi connectivity index (χ4n) is 2.98. The number of benzene rings is 1. The van der Waals surface area contributed by atoms with Crippen LogP contribution in [0.25, 0.3) is 0 Å². The van der Waals surface area contributed by atoms with E-state index in [1.807, 2.05) is 31.2 Å². The third kappa shape index (κ3) is 2.51. The second-order valence-electron chi connectivity index (χ2n) is 6.25. The number of amides is 1. The van der Waals surface area contributed by atoms with Gasteiger partial charge in [-0.3, -0.25) is 4.79 Å². The number of nitrogens with two attached hydrogens (primary N) is 1. The van der Waals surface area contributed by atoms with E-state index in [1.54, 1.807) is 0 Å². The van der Waals surface area contributed by atoms with E-state index in [1.165, 1.54) is 0 Å². The third-order valence-corrected chi connectivity index (χ3v) is 4.86. The summed E-state index contributed by atoms with van der Waals surface area (Å²) in [6, 6.07) is 7.47. The molecule has 4 N–H and O–H groups in total. The highest BCUT2D eigenvalue weighted by molar-refractivity contribution is 5.91. The van der Waals surface area contributed by atoms with Crippen molar-refractivity contribution < 1.29 is 14.6 Å². The molecule has 0 radical (unpaired) electrons. The van der Waals surface area contributed by atoms with Gasteiger partial charge in [-0.25, -0.2) is 0 Å². The van der Waals surface area contributed by atoms with Gasteiger partial charge in [-0.05, 0) is 37.5 Å². The number of nitrogen functional groups attached to an aromatic ring is 1. The molecule has 1 amide bonds. The van der Waals surface area contributed by atoms with Gasteiger partial charge in [-0.2, -0.15) is 0 Å². The van der Waals surface area contributed by atoms with Gasteiger partial charge >= 0.3 is 0 Å². The molecule has 114 valence electrons. The molecule has 21 heavy (non-hydrogen) atoms. The first-order valence-electron chi connectivity index (χ1n) is 7.45. The Hall–Kier alpha value is -1.59. The zero-order valence-corrected chi connectivity index (χ0v) is 12.3. The summed E-state index contributed by atoms with van der Waals surface area (Å²) < 4.78 is 5.38. The highest BCUT2D eigenvalue weighted by Gasteiger charge is 2.52. The van der Waals surface area contributed by atoms with E-state index in [9.17, 15) is 9.90 Å². The fourth-order valence-corrected chi connectivity index (χ4v) is 2.98. The number of rotatable bonds is 4. The fraction of sp³-hybridized carbons (Fsp3) is 0.562. The van der Waals surface area contributed by atoms with Crippen molar-refractivity contribution >= 4 is 11.6 Å². The normalized spacial score (nSPS) is 30.1. The summed E-state index contributed by atoms with van der Waals surface area (Å²) in [6.07, 6.45) is 1.99. The Morgan fingerprint density at radius 2 is 2.05 bits per heavy atom. The van der Waals surface area contributed by atoms with Crippen LogP contribution in [0.2, 0.25) is 0 Å². The largest absolute Gasteiger partial charge is 0.399 e. The van der Waals surface area contributed by atoms with Crippen molar-refractivity contribution in [3.05, 3.63) is 29.8 Å². The Morgan fingerprint density at radius 3 is 2.57 bits per heavy atom. The van der Waals surface area contributed by atoms with Gasteiger partial charge in [-0.1, -0.05) is 12.1 Å². The molecule has 0 bridgehead atoms. The van der Waals surface area contributed by atoms with Crippen LogP contribution in [0.1, 0.15) is 31.7 Å². The van der Waals surface area contributed by atoms with Gasteiger partial charge in [-0.15, -0.1) is 0 Å². The van der Waals surface area contributed by atoms with Crippen LogP contribution in [0, 0.1) is 0 Å². The Labute approximate surface area is 124 Å². The molecule has 2 unspecified atom stereocenters. The van der Waals surface area contributed by atoms with Crippen molar-refractivity contribution in [2.45, 2.75) is 43.3 Å². The molecule has 1 saturated carbocycles. The number of carbonyl (C=O) groups excluding carboxylic acids is 1. The maximum absolute atomic E-state index is 12.5. The minimum atomic E-state index is -0.952. The van der Waals surface area contributed by atoms with E-state index in [4.69, 9.17) is 10.5 Å². The summed E-state index contributed by atoms with van der Waals surface area (Å²) in [5.41, 5.74) is 6.00. The molecule has 2 aliphatic rings. The molecular weight excluding hydrogens is 268 g/mol. The number of carbonyl (C=O) groups is 1. The first-order chi connectivity index (χ1) is 9.96. The van der Waals surface area contributed by atoms with Gasteiger partial charge in [0.15, 0.2) is 0 Å². The number of aliphatic hydroxyl groups is 1. The molecule has 0 spiro atoms. The van der Waals surface area contributed by atoms with Crippen LogP contribution < -0.4 is 11.1 Å². The number of nitrogens with one attached hydrogen (secondary N) is 1. The molecule has 3 rings (SSSR count). The first kappa shape index (κ1) is 14.4. The predicted molar refractivity (Wildman–Crippen MR) is 79.8 cm³/mol. The van der Waals surface area contributed by atoms with E-state index in [2.05, 4.69) is 5.32 Å². The molecule has 1 aliphatic heterocycles. The van der Waals surface area contributed by atoms with Crippen molar-refractivity contribution in [3.63, 3.8) is 0 Å². The van der Waals surface area contributed by atoms with Crippen molar-refractivity contribution in [1.29, 1.82) is 0 Å². The number of hydrogen-bond donors (Lipinski definition) is 3. The van der Waals surface area contributed by atoms with Gasteiger partial charge in [0.25, 0.3) is 0 Å². The Kier molecular flexibility index (Phi) is 3.42. The lowest BCUT2D eigenvalue weighted by Gasteiger charge is -2.27. The molecule has 2 fully saturated rings. The van der Waals surface area contributed by atoms with Gasteiger partial charge in [0.1, 0.15) is 5.60 Å². The maximum Gasteiger partial charge on any atom is 0.230 e. The van der Waals surface area contributed by atoms with Crippen LogP contribution in [0.3, 0.4) is 0 Å². The summed E-state index contributed by atoms with van der Waals surface area (Å²) in [6.45, 7) is 2.62. The van der Waals surface area contributed by atoms with E-state index in [0.717, 1.165) is 18.4 Å². The van der Waals surface area contributed by atoms with Gasteiger partial charge in [0, 0.05) is 25.3 Å². The average Bonchev–Trinajstić information content (AvgIpc) is 3.21. The average molecular weight is 290 g/mol. The van der Waals surface area contributed by atoms with E-state index >= 15 is 0 Å². The molecular formula is C16H22N2O3. The van der Waals surface area contributed by atoms with Crippen LogP contribution in [0.15, 0.2) is 24.3 Å². The minimum absolute atomic E-state index is 0.0141. The van der Waals surface area contributed by atoms with Gasteiger partial charge < -0.3 is 20.9 Å². The van der Waals surface area contributed by atoms with Crippen LogP contribution in [-0.2, 0) is 14.9 Å². The van der Waals surface area contributed by atoms with Crippen molar-refractivity contribution in [2.75, 3.05) is 18.9 Å². The molecule has 2 atom stereocenters. The Morgan fingerprint density at radius 1 is 1.38 bits per heavy atom. The second kappa shape index (κ2) is 5.00. The van der Waals surface area contributed by atoms with E-state index in [-0.39, 0.29) is 18.6 Å². The third-order valence-electron chi connectivity index (χ3n) is 4.86. The highest BCUT2D eigenvalue weighted by atomic mass is 16.5. The van der Waals surface area contributed by atoms with Crippen LogP contribution in [0.5, 0.6) is 0 Å². The summed E-state index contributed by atoms with van der Waals surface area (Å²) in [5.74, 6) is -0.0141. The zero-order chi connectivity index (χ0) is 15.1. The maximum atomic E-state index is 12.5. The van der Waals surface area contributed by atoms with Crippen LogP contribution in [0.4, 0.5) is 5.69 Å². The summed E-state index contributed by atoms with van der Waals surface area (Å²) in [5, 5.41) is 13.4. The Bertz CT molecular complexity index is 539. The predicted octanol–water partition coefficient (Wildman–Crippen LogP) is 0.957. The molecule has 1 aromatic carbocycles. The molecule has 1 aromatic rings. The molecule has 0 aromatic heterocycles. The standard InChI is InChI=1S/C16H22N2O3/c1-11-16(20,8-9-21-11)10-18-14(19)15(6-7-15)12-2-4-13(17)5-3-12/h2-5,11,20H,6-10,17H2,1H3,(H,18,19). The van der Waals surface area contributed by atoms with Crippen LogP contribution >= 0.6 is 0 Å². The minimum Gasteiger partial charge on any atom is -0.399 e. The second-order valence-corrected chi connectivity index (χ2v) is 6.25. The van der Waals surface area contributed by atoms with Crippen LogP contribution in [-0.4, -0.2) is 35.9 Å². The molecule has 1 heterocycles. The molecule has 5 heteroatoms. The summed E-state index contributed by atoms with van der Waals surface area (Å²) in [4.78, 5) is 12.5. The summed E-state index contributed by atoms with van der Waals surface area (Å²) in [7, 11) is 0. The SMILES string of the molecule is CC1OCCC1(O)CNC(=O)C1(c2ccc(N)cc2)CC1. The van der Waals surface area contributed by atoms with Crippen molar-refractivity contribution in [2.24, 2.45) is 0 Å². The first-order valence-corrected chi connectivity index (χ1v) is 7.45. The highest BCUT2D eigenvalue weighted by Crippen LogP contribution is 2.48. The monoisotopic (exact) mass is 290 g/mol. The lowest BCUT2D eigenvalue weighted by molar-refractivity contribution is -0.125. The summed E-state index contributed by atoms with van der Waals surface area (Å²) >= 11 is 0. The lowest BCUT2D eigenvalue weighted by Crippen LogP contribution is -2.49. The van der Waals surface area contributed by atoms with Gasteiger partial charge in [0.2, 0.25) is 5.91 Å². The molecule has 1 saturated heterocycles. The van der Waals surface area contributed by atoms with E-state index < -0.39 is 11.0 Å². The number of hydrogen-bond acceptors (Lipinski definition) is 4. The number of anilines is 1. The lowest BCUT2D eigenvalue weighted by atomic mass is 9.93. The smallest absolute Gasteiger partial charge is 0.230 e. The Balaban J connectivity index is 1.67. The quantitative estimate of drug-likeness (QED) is 0.721. The van der Waals surface area contributed by atoms with Crippen molar-refractivity contribution in [1.82, 2.24) is 5.32 Å².